The van der Waals surface area contributed by atoms with Crippen LogP contribution in [0.4, 0.5) is 13.2 Å². The maximum absolute atomic E-state index is 12.6. The molecule has 2 rings (SSSR count). The standard InChI is InChI=1S/C18H23F3N4OS.HI/c1-13(10-26-11-14-6-4-3-5-7-14)8-23-17(22-2)24-9-16-25-15(12-27-16)18(19,20)21;/h3-7,12-13H,8-11H2,1-2H3,(H2,22,23,24);1H. The Bertz CT molecular complexity index is 725. The number of guanidine groups is 1. The van der Waals surface area contributed by atoms with Crippen molar-refractivity contribution in [3.63, 3.8) is 0 Å². The highest BCUT2D eigenvalue weighted by molar-refractivity contribution is 14.0. The predicted octanol–water partition coefficient (Wildman–Crippen LogP) is 4.30. The first-order valence-electron chi connectivity index (χ1n) is 8.46. The lowest BCUT2D eigenvalue weighted by Crippen LogP contribution is -2.39. The first-order valence-corrected chi connectivity index (χ1v) is 9.34. The number of rotatable bonds is 8. The summed E-state index contributed by atoms with van der Waals surface area (Å²) in [6.07, 6.45) is -4.41. The van der Waals surface area contributed by atoms with Crippen molar-refractivity contribution in [2.24, 2.45) is 10.9 Å². The fourth-order valence-electron chi connectivity index (χ4n) is 2.18. The Morgan fingerprint density at radius 3 is 2.57 bits per heavy atom. The number of ether oxygens (including phenoxy) is 1. The second-order valence-corrected chi connectivity index (χ2v) is 6.98. The Kier molecular flexibility index (Phi) is 10.8. The highest BCUT2D eigenvalue weighted by atomic mass is 127. The lowest BCUT2D eigenvalue weighted by atomic mass is 10.2. The number of nitrogens with one attached hydrogen (secondary N) is 2. The molecule has 1 aromatic heterocycles. The van der Waals surface area contributed by atoms with Gasteiger partial charge in [0.25, 0.3) is 0 Å². The van der Waals surface area contributed by atoms with Crippen molar-refractivity contribution in [2.75, 3.05) is 20.2 Å². The molecule has 0 aliphatic carbocycles. The smallest absolute Gasteiger partial charge is 0.376 e. The second kappa shape index (κ2) is 12.2. The van der Waals surface area contributed by atoms with E-state index in [2.05, 4.69) is 20.6 Å². The maximum Gasteiger partial charge on any atom is 0.434 e. The molecule has 2 aromatic rings. The summed E-state index contributed by atoms with van der Waals surface area (Å²) in [7, 11) is 1.61. The molecule has 0 saturated carbocycles. The van der Waals surface area contributed by atoms with E-state index in [0.717, 1.165) is 22.3 Å². The Labute approximate surface area is 183 Å². The largest absolute Gasteiger partial charge is 0.434 e. The number of nitrogens with zero attached hydrogens (tertiary/aromatic N) is 2. The highest BCUT2D eigenvalue weighted by Crippen LogP contribution is 2.29. The van der Waals surface area contributed by atoms with Crippen LogP contribution in [0.15, 0.2) is 40.7 Å². The van der Waals surface area contributed by atoms with Crippen LogP contribution in [0.2, 0.25) is 0 Å². The van der Waals surface area contributed by atoms with Crippen molar-refractivity contribution in [1.82, 2.24) is 15.6 Å². The van der Waals surface area contributed by atoms with E-state index < -0.39 is 11.9 Å². The van der Waals surface area contributed by atoms with Gasteiger partial charge in [0.15, 0.2) is 11.7 Å². The third-order valence-electron chi connectivity index (χ3n) is 3.60. The summed E-state index contributed by atoms with van der Waals surface area (Å²) in [5.74, 6) is 0.748. The minimum atomic E-state index is -4.41. The number of benzene rings is 1. The number of alkyl halides is 3. The van der Waals surface area contributed by atoms with E-state index >= 15 is 0 Å². The molecule has 0 spiro atoms. The van der Waals surface area contributed by atoms with Crippen LogP contribution in [0.1, 0.15) is 23.2 Å². The Morgan fingerprint density at radius 2 is 1.96 bits per heavy atom. The molecule has 0 aliphatic heterocycles. The number of hydrogen-bond acceptors (Lipinski definition) is 4. The quantitative estimate of drug-likeness (QED) is 0.305. The minimum Gasteiger partial charge on any atom is -0.376 e. The van der Waals surface area contributed by atoms with Crippen molar-refractivity contribution < 1.29 is 17.9 Å². The second-order valence-electron chi connectivity index (χ2n) is 6.04. The van der Waals surface area contributed by atoms with Crippen LogP contribution < -0.4 is 10.6 Å². The average Bonchev–Trinajstić information content (AvgIpc) is 3.12. The molecule has 1 atom stereocenters. The Hall–Kier alpha value is -1.40. The Morgan fingerprint density at radius 1 is 1.25 bits per heavy atom. The number of aliphatic imine (C=N–C) groups is 1. The average molecular weight is 528 g/mol. The third-order valence-corrected chi connectivity index (χ3v) is 4.45. The van der Waals surface area contributed by atoms with Gasteiger partial charge in [-0.15, -0.1) is 35.3 Å². The van der Waals surface area contributed by atoms with Crippen LogP contribution in [0, 0.1) is 5.92 Å². The molecule has 0 radical (unpaired) electrons. The molecule has 0 bridgehead atoms. The van der Waals surface area contributed by atoms with Crippen molar-refractivity contribution in [1.29, 1.82) is 0 Å². The van der Waals surface area contributed by atoms with E-state index in [1.807, 2.05) is 37.3 Å². The topological polar surface area (TPSA) is 58.5 Å². The van der Waals surface area contributed by atoms with Crippen molar-refractivity contribution in [3.05, 3.63) is 52.0 Å². The molecule has 28 heavy (non-hydrogen) atoms. The molecule has 0 saturated heterocycles. The molecule has 0 fully saturated rings. The van der Waals surface area contributed by atoms with Crippen LogP contribution in [0.3, 0.4) is 0 Å². The molecular formula is C18H24F3IN4OS. The lowest BCUT2D eigenvalue weighted by molar-refractivity contribution is -0.140. The zero-order chi connectivity index (χ0) is 19.7. The Balaban J connectivity index is 0.00000392. The molecule has 0 aliphatic rings. The van der Waals surface area contributed by atoms with Crippen molar-refractivity contribution in [2.45, 2.75) is 26.3 Å². The predicted molar refractivity (Wildman–Crippen MR) is 116 cm³/mol. The van der Waals surface area contributed by atoms with E-state index in [1.54, 1.807) is 7.05 Å². The first-order chi connectivity index (χ1) is 12.9. The summed E-state index contributed by atoms with van der Waals surface area (Å²) in [4.78, 5) is 7.65. The summed E-state index contributed by atoms with van der Waals surface area (Å²) in [6, 6.07) is 9.93. The van der Waals surface area contributed by atoms with Crippen molar-refractivity contribution >= 4 is 41.3 Å². The summed E-state index contributed by atoms with van der Waals surface area (Å²) in [6.45, 7) is 3.99. The molecule has 1 unspecified atom stereocenters. The summed E-state index contributed by atoms with van der Waals surface area (Å²) in [5, 5.41) is 7.47. The highest BCUT2D eigenvalue weighted by Gasteiger charge is 2.33. The molecule has 156 valence electrons. The van der Waals surface area contributed by atoms with Gasteiger partial charge in [0.05, 0.1) is 19.8 Å². The maximum atomic E-state index is 12.6. The zero-order valence-corrected chi connectivity index (χ0v) is 18.8. The number of thiazole rings is 1. The van der Waals surface area contributed by atoms with Gasteiger partial charge in [0.1, 0.15) is 5.01 Å². The van der Waals surface area contributed by atoms with Gasteiger partial charge < -0.3 is 15.4 Å². The van der Waals surface area contributed by atoms with Gasteiger partial charge in [-0.3, -0.25) is 4.99 Å². The van der Waals surface area contributed by atoms with Crippen LogP contribution in [-0.2, 0) is 24.1 Å². The molecule has 1 aromatic carbocycles. The van der Waals surface area contributed by atoms with Gasteiger partial charge in [0.2, 0.25) is 0 Å². The molecule has 0 amide bonds. The number of aromatic nitrogens is 1. The summed E-state index contributed by atoms with van der Waals surface area (Å²) in [5.41, 5.74) is 0.258. The number of hydrogen-bond donors (Lipinski definition) is 2. The van der Waals surface area contributed by atoms with E-state index in [4.69, 9.17) is 4.74 Å². The number of halogens is 4. The van der Waals surface area contributed by atoms with Gasteiger partial charge in [-0.25, -0.2) is 4.98 Å². The van der Waals surface area contributed by atoms with Gasteiger partial charge >= 0.3 is 6.18 Å². The SMILES string of the molecule is CN=C(NCc1nc(C(F)(F)F)cs1)NCC(C)COCc1ccccc1.I. The first kappa shape index (κ1) is 24.6. The van der Waals surface area contributed by atoms with Gasteiger partial charge in [0, 0.05) is 19.0 Å². The summed E-state index contributed by atoms with van der Waals surface area (Å²) >= 11 is 0.966. The monoisotopic (exact) mass is 528 g/mol. The fourth-order valence-corrected chi connectivity index (χ4v) is 2.92. The van der Waals surface area contributed by atoms with Crippen molar-refractivity contribution in [3.8, 4) is 0 Å². The normalized spacial score (nSPS) is 13.0. The van der Waals surface area contributed by atoms with Crippen LogP contribution in [-0.4, -0.2) is 31.1 Å². The van der Waals surface area contributed by atoms with Crippen LogP contribution in [0.25, 0.3) is 0 Å². The van der Waals surface area contributed by atoms with Crippen LogP contribution in [0.5, 0.6) is 0 Å². The summed E-state index contributed by atoms with van der Waals surface area (Å²) < 4.78 is 43.4. The van der Waals surface area contributed by atoms with E-state index in [9.17, 15) is 13.2 Å². The fraction of sp³-hybridized carbons (Fsp3) is 0.444. The molecular weight excluding hydrogens is 504 g/mol. The van der Waals surface area contributed by atoms with E-state index in [-0.39, 0.29) is 36.4 Å². The molecule has 2 N–H and O–H groups in total. The molecule has 5 nitrogen and oxygen atoms in total. The van der Waals surface area contributed by atoms with E-state index in [0.29, 0.717) is 30.7 Å². The zero-order valence-electron chi connectivity index (χ0n) is 15.6. The lowest BCUT2D eigenvalue weighted by Gasteiger charge is -2.16. The minimum absolute atomic E-state index is 0. The van der Waals surface area contributed by atoms with Gasteiger partial charge in [-0.2, -0.15) is 13.2 Å². The molecule has 10 heteroatoms. The van der Waals surface area contributed by atoms with Gasteiger partial charge in [-0.1, -0.05) is 37.3 Å². The van der Waals surface area contributed by atoms with E-state index in [1.165, 1.54) is 0 Å². The molecule has 1 heterocycles. The third kappa shape index (κ3) is 8.74. The van der Waals surface area contributed by atoms with Gasteiger partial charge in [-0.05, 0) is 11.5 Å². The van der Waals surface area contributed by atoms with Crippen LogP contribution >= 0.6 is 35.3 Å².